The molecule has 3 N–H and O–H groups in total. The van der Waals surface area contributed by atoms with Gasteiger partial charge in [-0.05, 0) is 0 Å². The molecule has 1 aromatic heterocycles. The Morgan fingerprint density at radius 1 is 1.75 bits per heavy atom. The molecule has 6 heteroatoms. The number of nitrogens with one attached hydrogen (secondary N) is 1. The van der Waals surface area contributed by atoms with Gasteiger partial charge in [0.2, 0.25) is 5.95 Å². The number of anilines is 1. The number of amides is 2. The Kier molecular flexibility index (Phi) is 2.09. The first-order valence-corrected chi connectivity index (χ1v) is 3.20. The van der Waals surface area contributed by atoms with Crippen LogP contribution in [-0.2, 0) is 7.05 Å². The number of nitrogens with zero attached hydrogens (tertiary/aromatic N) is 2. The van der Waals surface area contributed by atoms with Crippen molar-refractivity contribution in [2.45, 2.75) is 0 Å². The van der Waals surface area contributed by atoms with E-state index in [-0.39, 0.29) is 5.95 Å². The molecule has 0 spiro atoms. The van der Waals surface area contributed by atoms with Crippen LogP contribution in [0.3, 0.4) is 0 Å². The van der Waals surface area contributed by atoms with Gasteiger partial charge in [-0.3, -0.25) is 10.1 Å². The van der Waals surface area contributed by atoms with E-state index < -0.39 is 11.6 Å². The Balaban J connectivity index is 3.05. The standard InChI is InChI=1S/C6H8N4O2/c1-10-3-2-4(11)8-6(10)9-5(7)12/h2-3H,1H3,(H3,7,8,9,11,12). The summed E-state index contributed by atoms with van der Waals surface area (Å²) in [5.74, 6) is 0.134. The van der Waals surface area contributed by atoms with Crippen molar-refractivity contribution in [3.63, 3.8) is 0 Å². The molecule has 0 fully saturated rings. The second-order valence-corrected chi connectivity index (χ2v) is 2.19. The van der Waals surface area contributed by atoms with Crippen LogP contribution in [0.15, 0.2) is 17.1 Å². The van der Waals surface area contributed by atoms with Crippen LogP contribution in [0.25, 0.3) is 0 Å². The van der Waals surface area contributed by atoms with Crippen LogP contribution < -0.4 is 16.6 Å². The number of urea groups is 1. The normalized spacial score (nSPS) is 9.42. The molecule has 0 aromatic carbocycles. The van der Waals surface area contributed by atoms with Crippen molar-refractivity contribution in [2.24, 2.45) is 12.8 Å². The topological polar surface area (TPSA) is 90.0 Å². The molecule has 0 saturated carbocycles. The molecule has 0 radical (unpaired) electrons. The quantitative estimate of drug-likeness (QED) is 0.579. The zero-order chi connectivity index (χ0) is 9.14. The Morgan fingerprint density at radius 2 is 2.42 bits per heavy atom. The number of rotatable bonds is 1. The fourth-order valence-corrected chi connectivity index (χ4v) is 0.693. The summed E-state index contributed by atoms with van der Waals surface area (Å²) in [4.78, 5) is 24.6. The van der Waals surface area contributed by atoms with Crippen molar-refractivity contribution in [2.75, 3.05) is 5.32 Å². The van der Waals surface area contributed by atoms with Gasteiger partial charge in [-0.25, -0.2) is 4.79 Å². The number of aryl methyl sites for hydroxylation is 1. The summed E-state index contributed by atoms with van der Waals surface area (Å²) in [5, 5.41) is 2.20. The number of carbonyl (C=O) groups excluding carboxylic acids is 1. The second kappa shape index (κ2) is 3.04. The molecule has 0 aliphatic rings. The summed E-state index contributed by atoms with van der Waals surface area (Å²) in [6.07, 6.45) is 1.49. The van der Waals surface area contributed by atoms with Crippen LogP contribution in [0.4, 0.5) is 10.7 Å². The molecule has 2 amide bonds. The molecule has 1 aromatic rings. The maximum Gasteiger partial charge on any atom is 0.318 e. The number of hydrogen-bond donors (Lipinski definition) is 2. The number of carbonyl (C=O) groups is 1. The fourth-order valence-electron chi connectivity index (χ4n) is 0.693. The molecule has 64 valence electrons. The lowest BCUT2D eigenvalue weighted by Crippen LogP contribution is -2.24. The molecule has 0 aliphatic carbocycles. The van der Waals surface area contributed by atoms with Crippen molar-refractivity contribution in [1.29, 1.82) is 0 Å². The number of hydrogen-bond acceptors (Lipinski definition) is 3. The highest BCUT2D eigenvalue weighted by atomic mass is 16.2. The molecular weight excluding hydrogens is 160 g/mol. The van der Waals surface area contributed by atoms with Crippen LogP contribution in [0.2, 0.25) is 0 Å². The lowest BCUT2D eigenvalue weighted by molar-refractivity contribution is 0.259. The van der Waals surface area contributed by atoms with E-state index in [1.54, 1.807) is 7.05 Å². The van der Waals surface area contributed by atoms with E-state index in [0.29, 0.717) is 0 Å². The van der Waals surface area contributed by atoms with Gasteiger partial charge in [0.05, 0.1) is 0 Å². The van der Waals surface area contributed by atoms with E-state index in [2.05, 4.69) is 10.3 Å². The van der Waals surface area contributed by atoms with E-state index in [1.165, 1.54) is 16.8 Å². The van der Waals surface area contributed by atoms with Crippen molar-refractivity contribution >= 4 is 12.0 Å². The number of nitrogens with two attached hydrogens (primary N) is 1. The third-order valence-corrected chi connectivity index (χ3v) is 1.23. The zero-order valence-corrected chi connectivity index (χ0v) is 6.44. The van der Waals surface area contributed by atoms with Gasteiger partial charge in [0.15, 0.2) is 0 Å². The molecule has 0 bridgehead atoms. The van der Waals surface area contributed by atoms with Gasteiger partial charge in [-0.2, -0.15) is 4.98 Å². The third-order valence-electron chi connectivity index (χ3n) is 1.23. The summed E-state index contributed by atoms with van der Waals surface area (Å²) >= 11 is 0. The summed E-state index contributed by atoms with van der Waals surface area (Å²) in [7, 11) is 1.64. The fraction of sp³-hybridized carbons (Fsp3) is 0.167. The van der Waals surface area contributed by atoms with Gasteiger partial charge in [-0.15, -0.1) is 0 Å². The second-order valence-electron chi connectivity index (χ2n) is 2.19. The lowest BCUT2D eigenvalue weighted by atomic mass is 10.6. The van der Waals surface area contributed by atoms with Crippen molar-refractivity contribution in [3.8, 4) is 0 Å². The van der Waals surface area contributed by atoms with Gasteiger partial charge in [-0.1, -0.05) is 0 Å². The molecule has 1 heterocycles. The van der Waals surface area contributed by atoms with Crippen LogP contribution in [0, 0.1) is 0 Å². The van der Waals surface area contributed by atoms with Crippen molar-refractivity contribution < 1.29 is 4.79 Å². The molecular formula is C6H8N4O2. The third kappa shape index (κ3) is 1.82. The van der Waals surface area contributed by atoms with Crippen LogP contribution in [0.5, 0.6) is 0 Å². The lowest BCUT2D eigenvalue weighted by Gasteiger charge is -2.04. The first-order chi connectivity index (χ1) is 5.59. The van der Waals surface area contributed by atoms with E-state index in [9.17, 15) is 9.59 Å². The first kappa shape index (κ1) is 8.25. The minimum absolute atomic E-state index is 0.134. The average Bonchev–Trinajstić information content (AvgIpc) is 1.96. The van der Waals surface area contributed by atoms with Crippen LogP contribution in [-0.4, -0.2) is 15.6 Å². The van der Waals surface area contributed by atoms with E-state index in [1.807, 2.05) is 0 Å². The zero-order valence-electron chi connectivity index (χ0n) is 6.44. The van der Waals surface area contributed by atoms with Crippen molar-refractivity contribution in [3.05, 3.63) is 22.6 Å². The molecule has 0 unspecified atom stereocenters. The highest BCUT2D eigenvalue weighted by Crippen LogP contribution is 1.94. The summed E-state index contributed by atoms with van der Waals surface area (Å²) in [6.45, 7) is 0. The summed E-state index contributed by atoms with van der Waals surface area (Å²) in [5.41, 5.74) is 4.42. The van der Waals surface area contributed by atoms with Gasteiger partial charge < -0.3 is 10.3 Å². The minimum Gasteiger partial charge on any atom is -0.351 e. The number of primary amides is 1. The Bertz CT molecular complexity index is 357. The molecule has 12 heavy (non-hydrogen) atoms. The van der Waals surface area contributed by atoms with Crippen molar-refractivity contribution in [1.82, 2.24) is 9.55 Å². The van der Waals surface area contributed by atoms with E-state index in [0.717, 1.165) is 0 Å². The van der Waals surface area contributed by atoms with E-state index in [4.69, 9.17) is 5.73 Å². The largest absolute Gasteiger partial charge is 0.351 e. The molecule has 0 atom stereocenters. The van der Waals surface area contributed by atoms with E-state index >= 15 is 0 Å². The SMILES string of the molecule is Cn1ccc(=O)nc1NC(N)=O. The Labute approximate surface area is 68.0 Å². The molecule has 0 aliphatic heterocycles. The van der Waals surface area contributed by atoms with Crippen LogP contribution in [0.1, 0.15) is 0 Å². The Hall–Kier alpha value is -1.85. The summed E-state index contributed by atoms with van der Waals surface area (Å²) < 4.78 is 1.48. The van der Waals surface area contributed by atoms with Gasteiger partial charge in [0, 0.05) is 19.3 Å². The highest BCUT2D eigenvalue weighted by Gasteiger charge is 2.00. The smallest absolute Gasteiger partial charge is 0.318 e. The predicted molar refractivity (Wildman–Crippen MR) is 42.7 cm³/mol. The average molecular weight is 168 g/mol. The minimum atomic E-state index is -0.747. The molecule has 1 rings (SSSR count). The Morgan fingerprint density at radius 3 is 3.00 bits per heavy atom. The maximum absolute atomic E-state index is 10.7. The highest BCUT2D eigenvalue weighted by molar-refractivity contribution is 5.85. The van der Waals surface area contributed by atoms with Gasteiger partial charge >= 0.3 is 6.03 Å². The summed E-state index contributed by atoms with van der Waals surface area (Å²) in [6, 6.07) is 0.537. The van der Waals surface area contributed by atoms with Crippen LogP contribution >= 0.6 is 0 Å². The first-order valence-electron chi connectivity index (χ1n) is 3.20. The molecule has 0 saturated heterocycles. The van der Waals surface area contributed by atoms with Gasteiger partial charge in [0.1, 0.15) is 0 Å². The maximum atomic E-state index is 10.7. The predicted octanol–water partition coefficient (Wildman–Crippen LogP) is -0.729. The monoisotopic (exact) mass is 168 g/mol. The number of aromatic nitrogens is 2. The molecule has 6 nitrogen and oxygen atoms in total. The van der Waals surface area contributed by atoms with Gasteiger partial charge in [0.25, 0.3) is 5.56 Å².